The second-order valence-electron chi connectivity index (χ2n) is 7.94. The molecule has 1 saturated heterocycles. The molecule has 0 atom stereocenters. The van der Waals surface area contributed by atoms with E-state index in [0.29, 0.717) is 6.54 Å². The van der Waals surface area contributed by atoms with E-state index in [1.807, 2.05) is 30.8 Å². The molecule has 0 unspecified atom stereocenters. The van der Waals surface area contributed by atoms with Crippen molar-refractivity contribution in [3.8, 4) is 5.75 Å². The van der Waals surface area contributed by atoms with Gasteiger partial charge in [-0.2, -0.15) is 5.10 Å². The van der Waals surface area contributed by atoms with Crippen molar-refractivity contribution in [3.63, 3.8) is 0 Å². The van der Waals surface area contributed by atoms with Gasteiger partial charge in [0.05, 0.1) is 19.3 Å². The summed E-state index contributed by atoms with van der Waals surface area (Å²) in [5, 5.41) is 11.5. The van der Waals surface area contributed by atoms with Crippen molar-refractivity contribution in [2.45, 2.75) is 45.6 Å². The molecule has 7 nitrogen and oxygen atoms in total. The number of nitrogens with zero attached hydrogens (tertiary/aromatic N) is 3. The molecule has 0 radical (unpaired) electrons. The third-order valence-corrected chi connectivity index (χ3v) is 6.14. The van der Waals surface area contributed by atoms with Crippen LogP contribution in [0, 0.1) is 13.8 Å². The number of aromatic nitrogens is 2. The van der Waals surface area contributed by atoms with Gasteiger partial charge in [0.2, 0.25) is 0 Å². The highest BCUT2D eigenvalue weighted by Gasteiger charge is 2.34. The molecule has 0 spiro atoms. The number of hydrogen-bond donors (Lipinski definition) is 2. The molecule has 31 heavy (non-hydrogen) atoms. The zero-order valence-corrected chi connectivity index (χ0v) is 21.7. The number of guanidine groups is 1. The van der Waals surface area contributed by atoms with E-state index < -0.39 is 0 Å². The van der Waals surface area contributed by atoms with Crippen LogP contribution in [-0.4, -0.2) is 49.2 Å². The number of benzene rings is 1. The Hall–Kier alpha value is -1.81. The first-order valence-corrected chi connectivity index (χ1v) is 10.7. The van der Waals surface area contributed by atoms with Crippen LogP contribution in [0.2, 0.25) is 0 Å². The zero-order valence-electron chi connectivity index (χ0n) is 19.3. The lowest BCUT2D eigenvalue weighted by molar-refractivity contribution is 0.0513. The predicted molar refractivity (Wildman–Crippen MR) is 136 cm³/mol. The summed E-state index contributed by atoms with van der Waals surface area (Å²) in [4.78, 5) is 4.85. The number of halogens is 1. The second-order valence-corrected chi connectivity index (χ2v) is 7.94. The molecule has 1 aliphatic heterocycles. The fourth-order valence-corrected chi connectivity index (χ4v) is 4.07. The zero-order chi connectivity index (χ0) is 21.6. The first-order valence-electron chi connectivity index (χ1n) is 10.7. The highest BCUT2D eigenvalue weighted by atomic mass is 127. The molecule has 2 heterocycles. The topological polar surface area (TPSA) is 72.7 Å². The third-order valence-electron chi connectivity index (χ3n) is 6.14. The average molecular weight is 541 g/mol. The number of hydrogen-bond acceptors (Lipinski definition) is 4. The first kappa shape index (κ1) is 25.5. The fourth-order valence-electron chi connectivity index (χ4n) is 4.07. The van der Waals surface area contributed by atoms with Crippen molar-refractivity contribution in [2.24, 2.45) is 12.0 Å². The maximum absolute atomic E-state index is 5.67. The number of aliphatic imine (C=N–C) groups is 1. The molecule has 2 aromatic rings. The second kappa shape index (κ2) is 11.7. The summed E-state index contributed by atoms with van der Waals surface area (Å²) < 4.78 is 12.9. The molecule has 0 bridgehead atoms. The van der Waals surface area contributed by atoms with Gasteiger partial charge < -0.3 is 20.1 Å². The monoisotopic (exact) mass is 541 g/mol. The number of ether oxygens (including phenoxy) is 2. The van der Waals surface area contributed by atoms with Crippen LogP contribution in [-0.2, 0) is 23.7 Å². The van der Waals surface area contributed by atoms with Gasteiger partial charge in [-0.25, -0.2) is 4.99 Å². The lowest BCUT2D eigenvalue weighted by Gasteiger charge is -2.38. The number of rotatable bonds is 7. The number of aryl methyl sites for hydroxylation is 2. The van der Waals surface area contributed by atoms with Gasteiger partial charge in [0, 0.05) is 50.0 Å². The van der Waals surface area contributed by atoms with Crippen LogP contribution in [0.5, 0.6) is 5.75 Å². The van der Waals surface area contributed by atoms with E-state index in [0.717, 1.165) is 62.2 Å². The van der Waals surface area contributed by atoms with Gasteiger partial charge in [0.15, 0.2) is 5.96 Å². The van der Waals surface area contributed by atoms with E-state index in [1.165, 1.54) is 11.1 Å². The summed E-state index contributed by atoms with van der Waals surface area (Å²) in [6.07, 6.45) is 1.96. The lowest BCUT2D eigenvalue weighted by atomic mass is 9.74. The van der Waals surface area contributed by atoms with Crippen LogP contribution in [0.15, 0.2) is 29.3 Å². The van der Waals surface area contributed by atoms with Crippen LogP contribution < -0.4 is 15.4 Å². The summed E-state index contributed by atoms with van der Waals surface area (Å²) in [6.45, 7) is 10.00. The minimum atomic E-state index is 0. The van der Waals surface area contributed by atoms with E-state index in [1.54, 1.807) is 7.11 Å². The predicted octanol–water partition coefficient (Wildman–Crippen LogP) is 3.47. The SMILES string of the molecule is CCNC(=NCc1c(C)nn(C)c1C)NCC1(c2ccc(OC)cc2)CCOCC1.I. The molecule has 1 aromatic carbocycles. The Balaban J connectivity index is 0.00000341. The normalized spacial score (nSPS) is 15.8. The summed E-state index contributed by atoms with van der Waals surface area (Å²) >= 11 is 0. The lowest BCUT2D eigenvalue weighted by Crippen LogP contribution is -2.48. The van der Waals surface area contributed by atoms with Crippen molar-refractivity contribution in [2.75, 3.05) is 33.4 Å². The highest BCUT2D eigenvalue weighted by Crippen LogP contribution is 2.35. The maximum atomic E-state index is 5.67. The van der Waals surface area contributed by atoms with Gasteiger partial charge in [-0.1, -0.05) is 12.1 Å². The van der Waals surface area contributed by atoms with Crippen molar-refractivity contribution >= 4 is 29.9 Å². The van der Waals surface area contributed by atoms with Crippen LogP contribution in [0.25, 0.3) is 0 Å². The summed E-state index contributed by atoms with van der Waals surface area (Å²) in [6, 6.07) is 8.44. The van der Waals surface area contributed by atoms with E-state index in [-0.39, 0.29) is 29.4 Å². The Morgan fingerprint density at radius 2 is 1.87 bits per heavy atom. The van der Waals surface area contributed by atoms with Gasteiger partial charge >= 0.3 is 0 Å². The van der Waals surface area contributed by atoms with Crippen LogP contribution in [0.1, 0.15) is 42.3 Å². The van der Waals surface area contributed by atoms with Crippen molar-refractivity contribution in [3.05, 3.63) is 46.8 Å². The Labute approximate surface area is 203 Å². The van der Waals surface area contributed by atoms with E-state index >= 15 is 0 Å². The molecule has 3 rings (SSSR count). The van der Waals surface area contributed by atoms with Gasteiger partial charge in [0.25, 0.3) is 0 Å². The van der Waals surface area contributed by atoms with Gasteiger partial charge in [-0.15, -0.1) is 24.0 Å². The molecule has 0 amide bonds. The summed E-state index contributed by atoms with van der Waals surface area (Å²) in [5.74, 6) is 1.71. The van der Waals surface area contributed by atoms with Crippen molar-refractivity contribution in [1.82, 2.24) is 20.4 Å². The number of methoxy groups -OCH3 is 1. The van der Waals surface area contributed by atoms with E-state index in [9.17, 15) is 0 Å². The van der Waals surface area contributed by atoms with Crippen molar-refractivity contribution < 1.29 is 9.47 Å². The molecule has 8 heteroatoms. The Morgan fingerprint density at radius 3 is 2.42 bits per heavy atom. The molecular formula is C23H36IN5O2. The Bertz CT molecular complexity index is 858. The minimum Gasteiger partial charge on any atom is -0.497 e. The highest BCUT2D eigenvalue weighted by molar-refractivity contribution is 14.0. The molecule has 172 valence electrons. The molecule has 0 saturated carbocycles. The van der Waals surface area contributed by atoms with Gasteiger partial charge in [-0.05, 0) is 51.3 Å². The Morgan fingerprint density at radius 1 is 1.19 bits per heavy atom. The molecular weight excluding hydrogens is 505 g/mol. The molecule has 0 aliphatic carbocycles. The average Bonchev–Trinajstić information content (AvgIpc) is 3.02. The number of nitrogens with one attached hydrogen (secondary N) is 2. The smallest absolute Gasteiger partial charge is 0.191 e. The third kappa shape index (κ3) is 6.12. The first-order chi connectivity index (χ1) is 14.5. The van der Waals surface area contributed by atoms with Gasteiger partial charge in [-0.3, -0.25) is 4.68 Å². The quantitative estimate of drug-likeness (QED) is 0.319. The molecule has 1 aliphatic rings. The summed E-state index contributed by atoms with van der Waals surface area (Å²) in [5.41, 5.74) is 4.71. The van der Waals surface area contributed by atoms with Crippen LogP contribution in [0.4, 0.5) is 0 Å². The largest absolute Gasteiger partial charge is 0.497 e. The maximum Gasteiger partial charge on any atom is 0.191 e. The molecule has 1 aromatic heterocycles. The fraction of sp³-hybridized carbons (Fsp3) is 0.565. The minimum absolute atomic E-state index is 0. The molecule has 1 fully saturated rings. The van der Waals surface area contributed by atoms with E-state index in [2.05, 4.69) is 41.7 Å². The standard InChI is InChI=1S/C23H35N5O2.HI/c1-6-24-22(25-15-21-17(2)27-28(4)18(21)3)26-16-23(11-13-30-14-12-23)19-7-9-20(29-5)10-8-19;/h7-10H,6,11-16H2,1-5H3,(H2,24,25,26);1H. The van der Waals surface area contributed by atoms with Crippen LogP contribution in [0.3, 0.4) is 0 Å². The van der Waals surface area contributed by atoms with Crippen molar-refractivity contribution in [1.29, 1.82) is 0 Å². The Kier molecular flexibility index (Phi) is 9.61. The molecule has 2 N–H and O–H groups in total. The van der Waals surface area contributed by atoms with E-state index in [4.69, 9.17) is 14.5 Å². The summed E-state index contributed by atoms with van der Waals surface area (Å²) in [7, 11) is 3.67. The van der Waals surface area contributed by atoms with Gasteiger partial charge in [0.1, 0.15) is 5.75 Å². The van der Waals surface area contributed by atoms with Crippen LogP contribution >= 0.6 is 24.0 Å².